The Morgan fingerprint density at radius 2 is 1.79 bits per heavy atom. The molecule has 1 aliphatic rings. The molecule has 6 heteroatoms. The molecule has 1 aromatic carbocycles. The van der Waals surface area contributed by atoms with Crippen LogP contribution < -0.4 is 16.8 Å². The summed E-state index contributed by atoms with van der Waals surface area (Å²) >= 11 is 12.0. The van der Waals surface area contributed by atoms with Crippen LogP contribution in [0.5, 0.6) is 0 Å². The first-order valence-electron chi connectivity index (χ1n) is 5.56. The van der Waals surface area contributed by atoms with Gasteiger partial charge in [0.25, 0.3) is 5.91 Å². The molecule has 4 nitrogen and oxygen atoms in total. The van der Waals surface area contributed by atoms with Crippen LogP contribution in [-0.2, 0) is 4.79 Å². The summed E-state index contributed by atoms with van der Waals surface area (Å²) in [6.07, 6.45) is 4.25. The molecular weight excluding hydrogens is 285 g/mol. The van der Waals surface area contributed by atoms with E-state index in [1.165, 1.54) is 18.2 Å². The third-order valence-corrected chi connectivity index (χ3v) is 3.62. The van der Waals surface area contributed by atoms with Crippen LogP contribution in [0.25, 0.3) is 0 Å². The van der Waals surface area contributed by atoms with E-state index >= 15 is 0 Å². The molecule has 1 amide bonds. The Bertz CT molecular complexity index is 550. The van der Waals surface area contributed by atoms with E-state index in [9.17, 15) is 4.79 Å². The predicted molar refractivity (Wildman–Crippen MR) is 77.8 cm³/mol. The van der Waals surface area contributed by atoms with Crippen LogP contribution in [0.15, 0.2) is 54.1 Å². The second-order valence-electron chi connectivity index (χ2n) is 4.31. The number of carbonyl (C=O) groups is 1. The van der Waals surface area contributed by atoms with E-state index in [1.807, 2.05) is 18.2 Å². The average Bonchev–Trinajstić information content (AvgIpc) is 2.34. The monoisotopic (exact) mass is 297 g/mol. The molecule has 0 fully saturated rings. The highest BCUT2D eigenvalue weighted by atomic mass is 35.5. The molecule has 0 radical (unpaired) electrons. The maximum atomic E-state index is 12.0. The normalized spacial score (nSPS) is 19.7. The van der Waals surface area contributed by atoms with Gasteiger partial charge in [-0.25, -0.2) is 0 Å². The number of hydrogen-bond acceptors (Lipinski definition) is 3. The van der Waals surface area contributed by atoms with Crippen LogP contribution in [0.2, 0.25) is 0 Å². The van der Waals surface area contributed by atoms with E-state index in [4.69, 9.17) is 34.7 Å². The summed E-state index contributed by atoms with van der Waals surface area (Å²) < 4.78 is -1.54. The molecule has 0 aliphatic heterocycles. The smallest absolute Gasteiger partial charge is 0.255 e. The minimum Gasteiger partial charge on any atom is -0.322 e. The maximum absolute atomic E-state index is 12.0. The number of para-hydroxylation sites is 1. The highest BCUT2D eigenvalue weighted by Gasteiger charge is 2.43. The summed E-state index contributed by atoms with van der Waals surface area (Å²) in [6.45, 7) is 0. The van der Waals surface area contributed by atoms with Crippen LogP contribution in [0.4, 0.5) is 5.69 Å². The number of nitrogens with one attached hydrogen (secondary N) is 1. The zero-order chi connectivity index (χ0) is 14.1. The van der Waals surface area contributed by atoms with Crippen LogP contribution in [0.3, 0.4) is 0 Å². The number of hydrogen-bond donors (Lipinski definition) is 3. The highest BCUT2D eigenvalue weighted by Crippen LogP contribution is 2.36. The number of benzene rings is 1. The lowest BCUT2D eigenvalue weighted by molar-refractivity contribution is -0.112. The van der Waals surface area contributed by atoms with Gasteiger partial charge in [-0.15, -0.1) is 0 Å². The second-order valence-corrected chi connectivity index (χ2v) is 5.69. The van der Waals surface area contributed by atoms with Crippen LogP contribution in [0, 0.1) is 0 Å². The highest BCUT2D eigenvalue weighted by molar-refractivity contribution is 6.51. The predicted octanol–water partition coefficient (Wildman–Crippen LogP) is 1.91. The van der Waals surface area contributed by atoms with Crippen LogP contribution in [-0.4, -0.2) is 15.9 Å². The van der Waals surface area contributed by atoms with Crippen molar-refractivity contribution < 1.29 is 4.79 Å². The molecule has 0 unspecified atom stereocenters. The average molecular weight is 298 g/mol. The van der Waals surface area contributed by atoms with E-state index in [1.54, 1.807) is 12.1 Å². The molecule has 0 saturated carbocycles. The van der Waals surface area contributed by atoms with Gasteiger partial charge in [0, 0.05) is 11.3 Å². The van der Waals surface area contributed by atoms with Crippen LogP contribution >= 0.6 is 23.2 Å². The first kappa shape index (κ1) is 14.1. The standard InChI is InChI=1S/C13H13Cl2N3O/c14-12(15)8-9(6-7-13(12,16)17)11(19)18-10-4-2-1-3-5-10/h1-8H,16-17H2,(H,18,19). The molecule has 1 aliphatic carbocycles. The van der Waals surface area contributed by atoms with Crippen molar-refractivity contribution in [2.75, 3.05) is 5.32 Å². The molecule has 1 aromatic rings. The number of amides is 1. The van der Waals surface area contributed by atoms with E-state index in [0.29, 0.717) is 11.3 Å². The minimum atomic E-state index is -1.54. The fourth-order valence-corrected chi connectivity index (χ4v) is 1.93. The first-order chi connectivity index (χ1) is 8.82. The molecule has 0 heterocycles. The van der Waals surface area contributed by atoms with Gasteiger partial charge in [0.05, 0.1) is 0 Å². The summed E-state index contributed by atoms with van der Waals surface area (Å²) in [6, 6.07) is 9.04. The topological polar surface area (TPSA) is 81.1 Å². The lowest BCUT2D eigenvalue weighted by Crippen LogP contribution is -2.60. The SMILES string of the molecule is NC1(N)C=CC(C(=O)Nc2ccccc2)=CC1(Cl)Cl. The van der Waals surface area contributed by atoms with E-state index in [0.717, 1.165) is 0 Å². The molecule has 0 spiro atoms. The summed E-state index contributed by atoms with van der Waals surface area (Å²) in [5.74, 6) is -0.330. The Hall–Kier alpha value is -1.33. The summed E-state index contributed by atoms with van der Waals surface area (Å²) in [5.41, 5.74) is 11.0. The van der Waals surface area contributed by atoms with E-state index in [2.05, 4.69) is 5.32 Å². The van der Waals surface area contributed by atoms with Crippen molar-refractivity contribution in [2.45, 2.75) is 10.00 Å². The van der Waals surface area contributed by atoms with Gasteiger partial charge in [0.15, 0.2) is 4.33 Å². The number of rotatable bonds is 2. The van der Waals surface area contributed by atoms with Crippen molar-refractivity contribution in [1.29, 1.82) is 0 Å². The molecule has 5 N–H and O–H groups in total. The van der Waals surface area contributed by atoms with Crippen molar-refractivity contribution >= 4 is 34.8 Å². The molecule has 0 bridgehead atoms. The third-order valence-electron chi connectivity index (χ3n) is 2.75. The Kier molecular flexibility index (Phi) is 3.69. The van der Waals surface area contributed by atoms with Gasteiger partial charge >= 0.3 is 0 Å². The molecular formula is C13H13Cl2N3O. The number of halogens is 2. The van der Waals surface area contributed by atoms with Gasteiger partial charge in [-0.2, -0.15) is 0 Å². The second kappa shape index (κ2) is 4.98. The fourth-order valence-electron chi connectivity index (χ4n) is 1.57. The van der Waals surface area contributed by atoms with Crippen LogP contribution in [0.1, 0.15) is 0 Å². The first-order valence-corrected chi connectivity index (χ1v) is 6.31. The number of alkyl halides is 2. The fraction of sp³-hybridized carbons (Fsp3) is 0.154. The lowest BCUT2D eigenvalue weighted by Gasteiger charge is -2.34. The van der Waals surface area contributed by atoms with E-state index < -0.39 is 10.00 Å². The van der Waals surface area contributed by atoms with Crippen molar-refractivity contribution in [3.8, 4) is 0 Å². The largest absolute Gasteiger partial charge is 0.322 e. The summed E-state index contributed by atoms with van der Waals surface area (Å²) in [5, 5.41) is 2.72. The van der Waals surface area contributed by atoms with Gasteiger partial charge in [-0.1, -0.05) is 47.5 Å². The zero-order valence-corrected chi connectivity index (χ0v) is 11.4. The minimum absolute atomic E-state index is 0.306. The van der Waals surface area contributed by atoms with Crippen molar-refractivity contribution in [3.05, 3.63) is 54.1 Å². The summed E-state index contributed by atoms with van der Waals surface area (Å²) in [7, 11) is 0. The van der Waals surface area contributed by atoms with Gasteiger partial charge in [0.1, 0.15) is 5.66 Å². The van der Waals surface area contributed by atoms with Gasteiger partial charge in [0.2, 0.25) is 0 Å². The van der Waals surface area contributed by atoms with Gasteiger partial charge in [-0.3, -0.25) is 4.79 Å². The maximum Gasteiger partial charge on any atom is 0.255 e. The zero-order valence-electron chi connectivity index (χ0n) is 9.94. The number of nitrogens with two attached hydrogens (primary N) is 2. The molecule has 0 aromatic heterocycles. The Labute approximate surface area is 121 Å². The molecule has 2 rings (SSSR count). The van der Waals surface area contributed by atoms with Crippen molar-refractivity contribution in [3.63, 3.8) is 0 Å². The van der Waals surface area contributed by atoms with Gasteiger partial charge in [-0.05, 0) is 24.3 Å². The van der Waals surface area contributed by atoms with E-state index in [-0.39, 0.29) is 5.91 Å². The van der Waals surface area contributed by atoms with Crippen molar-refractivity contribution in [1.82, 2.24) is 0 Å². The van der Waals surface area contributed by atoms with Crippen molar-refractivity contribution in [2.24, 2.45) is 11.5 Å². The number of carbonyl (C=O) groups excluding carboxylic acids is 1. The Morgan fingerprint density at radius 3 is 2.37 bits per heavy atom. The molecule has 19 heavy (non-hydrogen) atoms. The quantitative estimate of drug-likeness (QED) is 0.576. The summed E-state index contributed by atoms with van der Waals surface area (Å²) in [4.78, 5) is 12.0. The lowest BCUT2D eigenvalue weighted by atomic mass is 9.97. The molecule has 0 atom stereocenters. The van der Waals surface area contributed by atoms with Gasteiger partial charge < -0.3 is 16.8 Å². The number of anilines is 1. The Morgan fingerprint density at radius 1 is 1.16 bits per heavy atom. The Balaban J connectivity index is 2.18. The molecule has 100 valence electrons. The molecule has 0 saturated heterocycles. The third kappa shape index (κ3) is 2.98.